The van der Waals surface area contributed by atoms with E-state index in [-0.39, 0.29) is 5.91 Å². The Labute approximate surface area is 183 Å². The lowest BCUT2D eigenvalue weighted by atomic mass is 10.2. The van der Waals surface area contributed by atoms with Gasteiger partial charge in [0.2, 0.25) is 0 Å². The number of benzene rings is 2. The molecule has 1 amide bonds. The largest absolute Gasteiger partial charge is 0.319 e. The van der Waals surface area contributed by atoms with E-state index in [9.17, 15) is 4.79 Å². The van der Waals surface area contributed by atoms with Gasteiger partial charge in [-0.3, -0.25) is 9.48 Å². The molecule has 0 unspecified atom stereocenters. The number of aryl methyl sites for hydroxylation is 1. The number of thioether (sulfide) groups is 1. The molecule has 1 aromatic heterocycles. The first kappa shape index (κ1) is 21.1. The third-order valence-electron chi connectivity index (χ3n) is 4.35. The van der Waals surface area contributed by atoms with Crippen LogP contribution in [0.5, 0.6) is 0 Å². The lowest BCUT2D eigenvalue weighted by Gasteiger charge is -2.09. The van der Waals surface area contributed by atoms with E-state index >= 15 is 0 Å². The Balaban J connectivity index is 1.85. The summed E-state index contributed by atoms with van der Waals surface area (Å²) < 4.78 is 1.82. The van der Waals surface area contributed by atoms with E-state index in [4.69, 9.17) is 34.8 Å². The minimum Gasteiger partial charge on any atom is -0.319 e. The molecule has 1 N–H and O–H groups in total. The highest BCUT2D eigenvalue weighted by atomic mass is 35.5. The molecule has 4 nitrogen and oxygen atoms in total. The Morgan fingerprint density at radius 1 is 1.07 bits per heavy atom. The molecule has 0 bridgehead atoms. The lowest BCUT2D eigenvalue weighted by molar-refractivity contribution is 0.102. The number of nitrogens with one attached hydrogen (secondary N) is 1. The Morgan fingerprint density at radius 2 is 1.79 bits per heavy atom. The van der Waals surface area contributed by atoms with Crippen LogP contribution in [-0.2, 0) is 6.54 Å². The van der Waals surface area contributed by atoms with Gasteiger partial charge in [0, 0.05) is 4.90 Å². The molecule has 2 aromatic carbocycles. The first-order valence-corrected chi connectivity index (χ1v) is 10.8. The van der Waals surface area contributed by atoms with Crippen molar-refractivity contribution in [2.45, 2.75) is 25.3 Å². The van der Waals surface area contributed by atoms with Crippen molar-refractivity contribution in [3.8, 4) is 0 Å². The Morgan fingerprint density at radius 3 is 2.46 bits per heavy atom. The van der Waals surface area contributed by atoms with Crippen molar-refractivity contribution in [1.29, 1.82) is 0 Å². The van der Waals surface area contributed by atoms with Crippen LogP contribution in [0, 0.1) is 13.8 Å². The summed E-state index contributed by atoms with van der Waals surface area (Å²) >= 11 is 19.9. The fraction of sp³-hybridized carbons (Fsp3) is 0.200. The molecular formula is C20H18Cl3N3OS. The third-order valence-corrected chi connectivity index (χ3v) is 6.15. The van der Waals surface area contributed by atoms with Gasteiger partial charge in [-0.1, -0.05) is 40.9 Å². The Kier molecular flexibility index (Phi) is 6.61. The van der Waals surface area contributed by atoms with Gasteiger partial charge in [0.1, 0.15) is 0 Å². The SMILES string of the molecule is CSc1ccc(Cl)c(C(=O)Nc2c(C)nn(Cc3ccc(Cl)c(Cl)c3)c2C)c1. The summed E-state index contributed by atoms with van der Waals surface area (Å²) in [6.45, 7) is 4.28. The van der Waals surface area contributed by atoms with Gasteiger partial charge < -0.3 is 5.32 Å². The number of hydrogen-bond acceptors (Lipinski definition) is 3. The van der Waals surface area contributed by atoms with Gasteiger partial charge in [0.15, 0.2) is 0 Å². The van der Waals surface area contributed by atoms with Gasteiger partial charge in [-0.2, -0.15) is 5.10 Å². The van der Waals surface area contributed by atoms with Crippen LogP contribution in [0.15, 0.2) is 41.3 Å². The molecule has 0 radical (unpaired) electrons. The van der Waals surface area contributed by atoms with Crippen LogP contribution in [0.1, 0.15) is 27.3 Å². The maximum atomic E-state index is 12.8. The highest BCUT2D eigenvalue weighted by Crippen LogP contribution is 2.27. The topological polar surface area (TPSA) is 46.9 Å². The van der Waals surface area contributed by atoms with E-state index in [0.717, 1.165) is 21.8 Å². The van der Waals surface area contributed by atoms with Crippen LogP contribution in [0.4, 0.5) is 5.69 Å². The molecule has 0 saturated carbocycles. The number of halogens is 3. The van der Waals surface area contributed by atoms with Crippen molar-refractivity contribution in [2.75, 3.05) is 11.6 Å². The maximum Gasteiger partial charge on any atom is 0.257 e. The number of nitrogens with zero attached hydrogens (tertiary/aromatic N) is 2. The number of aromatic nitrogens is 2. The van der Waals surface area contributed by atoms with Crippen LogP contribution >= 0.6 is 46.6 Å². The molecule has 0 aliphatic rings. The molecule has 8 heteroatoms. The standard InChI is InChI=1S/C20H18Cl3N3OS/c1-11-19(24-20(27)15-9-14(28-3)5-7-16(15)21)12(2)26(25-11)10-13-4-6-17(22)18(23)8-13/h4-9H,10H2,1-3H3,(H,24,27). The van der Waals surface area contributed by atoms with E-state index < -0.39 is 0 Å². The first-order chi connectivity index (χ1) is 13.3. The number of amides is 1. The van der Waals surface area contributed by atoms with Crippen molar-refractivity contribution in [3.05, 3.63) is 74.0 Å². The van der Waals surface area contributed by atoms with Crippen LogP contribution in [-0.4, -0.2) is 21.9 Å². The summed E-state index contributed by atoms with van der Waals surface area (Å²) in [4.78, 5) is 13.8. The predicted molar refractivity (Wildman–Crippen MR) is 118 cm³/mol. The molecule has 0 atom stereocenters. The summed E-state index contributed by atoms with van der Waals surface area (Å²) in [5.74, 6) is -0.263. The van der Waals surface area contributed by atoms with Gasteiger partial charge in [-0.15, -0.1) is 11.8 Å². The number of carbonyl (C=O) groups is 1. The number of hydrogen-bond donors (Lipinski definition) is 1. The average Bonchev–Trinajstić information content (AvgIpc) is 2.92. The summed E-state index contributed by atoms with van der Waals surface area (Å²) in [7, 11) is 0. The monoisotopic (exact) mass is 453 g/mol. The van der Waals surface area contributed by atoms with Gasteiger partial charge in [0.25, 0.3) is 5.91 Å². The van der Waals surface area contributed by atoms with Gasteiger partial charge in [-0.25, -0.2) is 0 Å². The highest BCUT2D eigenvalue weighted by molar-refractivity contribution is 7.98. The second kappa shape index (κ2) is 8.78. The van der Waals surface area contributed by atoms with Crippen molar-refractivity contribution < 1.29 is 4.79 Å². The summed E-state index contributed by atoms with van der Waals surface area (Å²) in [6.07, 6.45) is 1.95. The normalized spacial score (nSPS) is 10.9. The molecule has 3 rings (SSSR count). The Hall–Kier alpha value is -1.66. The maximum absolute atomic E-state index is 12.8. The fourth-order valence-electron chi connectivity index (χ4n) is 2.83. The minimum atomic E-state index is -0.263. The second-order valence-electron chi connectivity index (χ2n) is 6.25. The van der Waals surface area contributed by atoms with Crippen molar-refractivity contribution >= 4 is 58.2 Å². The van der Waals surface area contributed by atoms with Gasteiger partial charge in [0.05, 0.1) is 44.3 Å². The Bertz CT molecular complexity index is 1050. The molecule has 0 saturated heterocycles. The van der Waals surface area contributed by atoms with Gasteiger partial charge in [-0.05, 0) is 56.0 Å². The lowest BCUT2D eigenvalue weighted by Crippen LogP contribution is -2.14. The third kappa shape index (κ3) is 4.49. The molecule has 0 spiro atoms. The first-order valence-electron chi connectivity index (χ1n) is 8.43. The van der Waals surface area contributed by atoms with Crippen LogP contribution in [0.25, 0.3) is 0 Å². The number of carbonyl (C=O) groups excluding carboxylic acids is 1. The van der Waals surface area contributed by atoms with E-state index in [1.54, 1.807) is 30.0 Å². The second-order valence-corrected chi connectivity index (χ2v) is 8.35. The van der Waals surface area contributed by atoms with E-state index in [1.807, 2.05) is 43.0 Å². The summed E-state index contributed by atoms with van der Waals surface area (Å²) in [5.41, 5.74) is 3.64. The van der Waals surface area contributed by atoms with Crippen molar-refractivity contribution in [3.63, 3.8) is 0 Å². The molecule has 0 aliphatic carbocycles. The zero-order valence-corrected chi connectivity index (χ0v) is 18.6. The van der Waals surface area contributed by atoms with Crippen LogP contribution < -0.4 is 5.32 Å². The number of anilines is 1. The quantitative estimate of drug-likeness (QED) is 0.449. The summed E-state index contributed by atoms with van der Waals surface area (Å²) in [5, 5.41) is 8.92. The van der Waals surface area contributed by atoms with Crippen molar-refractivity contribution in [1.82, 2.24) is 9.78 Å². The number of rotatable bonds is 5. The smallest absolute Gasteiger partial charge is 0.257 e. The van der Waals surface area contributed by atoms with E-state index in [2.05, 4.69) is 10.4 Å². The highest BCUT2D eigenvalue weighted by Gasteiger charge is 2.18. The zero-order valence-electron chi connectivity index (χ0n) is 15.5. The predicted octanol–water partition coefficient (Wildman–Crippen LogP) is 6.48. The minimum absolute atomic E-state index is 0.263. The molecular weight excluding hydrogens is 437 g/mol. The van der Waals surface area contributed by atoms with Gasteiger partial charge >= 0.3 is 0 Å². The molecule has 146 valence electrons. The molecule has 0 aliphatic heterocycles. The van der Waals surface area contributed by atoms with Crippen molar-refractivity contribution in [2.24, 2.45) is 0 Å². The molecule has 1 heterocycles. The van der Waals surface area contributed by atoms with E-state index in [1.165, 1.54) is 0 Å². The average molecular weight is 455 g/mol. The van der Waals surface area contributed by atoms with Crippen LogP contribution in [0.3, 0.4) is 0 Å². The zero-order chi connectivity index (χ0) is 20.4. The molecule has 3 aromatic rings. The fourth-order valence-corrected chi connectivity index (χ4v) is 3.79. The molecule has 0 fully saturated rings. The van der Waals surface area contributed by atoms with E-state index in [0.29, 0.717) is 32.9 Å². The van der Waals surface area contributed by atoms with Crippen LogP contribution in [0.2, 0.25) is 15.1 Å². The molecule has 28 heavy (non-hydrogen) atoms. The summed E-state index contributed by atoms with van der Waals surface area (Å²) in [6, 6.07) is 10.9.